The first kappa shape index (κ1) is 28.6. The van der Waals surface area contributed by atoms with Gasteiger partial charge in [0.2, 0.25) is 6.41 Å². The number of hydrogen-bond acceptors (Lipinski definition) is 5. The Bertz CT molecular complexity index is 1190. The van der Waals surface area contributed by atoms with E-state index >= 15 is 0 Å². The number of ether oxygens (including phenoxy) is 1. The zero-order valence-electron chi connectivity index (χ0n) is 20.3. The predicted molar refractivity (Wildman–Crippen MR) is 139 cm³/mol. The topological polar surface area (TPSA) is 56.3 Å². The molecule has 0 radical (unpaired) electrons. The number of amides is 1. The molecule has 0 heterocycles. The van der Waals surface area contributed by atoms with E-state index in [2.05, 4.69) is 4.74 Å². The maximum Gasteiger partial charge on any atom is 0.573 e. The number of benzene rings is 3. The Balaban J connectivity index is 2.25. The first-order valence-corrected chi connectivity index (χ1v) is 11.8. The van der Waals surface area contributed by atoms with Crippen LogP contribution in [0.2, 0.25) is 10.0 Å². The second kappa shape index (κ2) is 11.6. The van der Waals surface area contributed by atoms with Gasteiger partial charge in [-0.2, -0.15) is 0 Å². The number of rotatable bonds is 10. The van der Waals surface area contributed by atoms with E-state index in [9.17, 15) is 23.1 Å². The summed E-state index contributed by atoms with van der Waals surface area (Å²) >= 11 is 12.1. The Morgan fingerprint density at radius 3 is 1.95 bits per heavy atom. The number of halogens is 5. The molecule has 198 valence electrons. The second-order valence-electron chi connectivity index (χ2n) is 8.60. The smallest absolute Gasteiger partial charge is 0.406 e. The lowest BCUT2D eigenvalue weighted by Gasteiger charge is -2.48. The highest BCUT2D eigenvalue weighted by atomic mass is 35.5. The third-order valence-electron chi connectivity index (χ3n) is 5.79. The quantitative estimate of drug-likeness (QED) is 0.254. The molecular weight excluding hydrogens is 530 g/mol. The Kier molecular flexibility index (Phi) is 8.96. The van der Waals surface area contributed by atoms with Gasteiger partial charge in [-0.15, -0.1) is 13.2 Å². The van der Waals surface area contributed by atoms with Crippen LogP contribution in [-0.2, 0) is 10.5 Å². The average Bonchev–Trinajstić information content (AvgIpc) is 2.83. The van der Waals surface area contributed by atoms with E-state index in [1.54, 1.807) is 74.6 Å². The van der Waals surface area contributed by atoms with Gasteiger partial charge in [-0.05, 0) is 74.8 Å². The molecule has 2 atom stereocenters. The summed E-state index contributed by atoms with van der Waals surface area (Å²) in [6.45, 7) is 0.125. The molecule has 0 saturated carbocycles. The van der Waals surface area contributed by atoms with E-state index in [1.165, 1.54) is 21.9 Å². The third kappa shape index (κ3) is 6.87. The number of anilines is 2. The molecule has 0 spiro atoms. The Morgan fingerprint density at radius 1 is 0.919 bits per heavy atom. The van der Waals surface area contributed by atoms with Crippen molar-refractivity contribution in [2.24, 2.45) is 0 Å². The first-order valence-electron chi connectivity index (χ1n) is 11.1. The number of hydrogen-bond donors (Lipinski definition) is 1. The standard InChI is InChI=1S/C26H26Cl2F3N3O3/c1-32(2)16-24(34(17-35)22-13-9-20(28)10-14-22)25(36,33(3)21-11-7-19(27)8-12-21)18-5-4-6-23(15-18)37-26(29,30)31/h4-15,17,24,36H,16H2,1-3H3. The molecule has 0 fully saturated rings. The van der Waals surface area contributed by atoms with Gasteiger partial charge in [0.25, 0.3) is 0 Å². The van der Waals surface area contributed by atoms with Crippen LogP contribution in [0, 0.1) is 0 Å². The monoisotopic (exact) mass is 555 g/mol. The summed E-state index contributed by atoms with van der Waals surface area (Å²) in [5.74, 6) is -0.513. The van der Waals surface area contributed by atoms with Crippen LogP contribution in [0.25, 0.3) is 0 Å². The van der Waals surface area contributed by atoms with Gasteiger partial charge in [-0.3, -0.25) is 4.79 Å². The number of alkyl halides is 3. The summed E-state index contributed by atoms with van der Waals surface area (Å²) in [6, 6.07) is 17.0. The van der Waals surface area contributed by atoms with Crippen LogP contribution < -0.4 is 14.5 Å². The minimum atomic E-state index is -4.93. The number of likely N-dealkylation sites (N-methyl/N-ethyl adjacent to an activating group) is 2. The van der Waals surface area contributed by atoms with Crippen molar-refractivity contribution in [1.82, 2.24) is 4.90 Å². The highest BCUT2D eigenvalue weighted by Crippen LogP contribution is 2.39. The molecular formula is C26H26Cl2F3N3O3. The molecule has 0 aliphatic carbocycles. The van der Waals surface area contributed by atoms with E-state index in [0.717, 1.165) is 12.1 Å². The van der Waals surface area contributed by atoms with Crippen LogP contribution in [0.4, 0.5) is 24.5 Å². The van der Waals surface area contributed by atoms with Crippen molar-refractivity contribution in [3.63, 3.8) is 0 Å². The van der Waals surface area contributed by atoms with Gasteiger partial charge < -0.3 is 24.5 Å². The predicted octanol–water partition coefficient (Wildman–Crippen LogP) is 5.77. The summed E-state index contributed by atoms with van der Waals surface area (Å²) in [7, 11) is 5.08. The van der Waals surface area contributed by atoms with Crippen molar-refractivity contribution in [2.75, 3.05) is 37.5 Å². The number of carbonyl (C=O) groups is 1. The van der Waals surface area contributed by atoms with Crippen LogP contribution in [0.15, 0.2) is 72.8 Å². The van der Waals surface area contributed by atoms with Crippen LogP contribution in [0.3, 0.4) is 0 Å². The molecule has 3 rings (SSSR count). The van der Waals surface area contributed by atoms with E-state index in [1.807, 2.05) is 0 Å². The van der Waals surface area contributed by atoms with Gasteiger partial charge >= 0.3 is 6.36 Å². The van der Waals surface area contributed by atoms with E-state index in [-0.39, 0.29) is 12.1 Å². The van der Waals surface area contributed by atoms with Gasteiger partial charge in [0.05, 0.1) is 0 Å². The molecule has 0 saturated heterocycles. The minimum absolute atomic E-state index is 0.0689. The Morgan fingerprint density at radius 2 is 1.46 bits per heavy atom. The normalized spacial score (nSPS) is 14.1. The van der Waals surface area contributed by atoms with E-state index in [0.29, 0.717) is 27.8 Å². The summed E-state index contributed by atoms with van der Waals surface area (Å²) in [5.41, 5.74) is -1.06. The van der Waals surface area contributed by atoms with Gasteiger partial charge in [-0.25, -0.2) is 0 Å². The van der Waals surface area contributed by atoms with Crippen molar-refractivity contribution in [3.05, 3.63) is 88.4 Å². The van der Waals surface area contributed by atoms with Crippen molar-refractivity contribution >= 4 is 41.0 Å². The second-order valence-corrected chi connectivity index (χ2v) is 9.48. The number of aliphatic hydroxyl groups is 1. The molecule has 37 heavy (non-hydrogen) atoms. The number of nitrogens with zero attached hydrogens (tertiary/aromatic N) is 3. The minimum Gasteiger partial charge on any atom is -0.406 e. The molecule has 0 aliphatic rings. The zero-order valence-corrected chi connectivity index (χ0v) is 21.8. The highest BCUT2D eigenvalue weighted by Gasteiger charge is 2.47. The lowest BCUT2D eigenvalue weighted by molar-refractivity contribution is -0.274. The summed E-state index contributed by atoms with van der Waals surface area (Å²) in [6.07, 6.45) is -4.37. The summed E-state index contributed by atoms with van der Waals surface area (Å²) < 4.78 is 43.2. The van der Waals surface area contributed by atoms with Crippen molar-refractivity contribution in [2.45, 2.75) is 18.1 Å². The lowest BCUT2D eigenvalue weighted by Crippen LogP contribution is -2.62. The fraction of sp³-hybridized carbons (Fsp3) is 0.269. The van der Waals surface area contributed by atoms with Crippen molar-refractivity contribution in [1.29, 1.82) is 0 Å². The van der Waals surface area contributed by atoms with Gasteiger partial charge in [-0.1, -0.05) is 35.3 Å². The summed E-state index contributed by atoms with van der Waals surface area (Å²) in [4.78, 5) is 17.1. The number of carbonyl (C=O) groups excluding carboxylic acids is 1. The Hall–Kier alpha value is -2.98. The summed E-state index contributed by atoms with van der Waals surface area (Å²) in [5, 5.41) is 13.4. The maximum atomic E-state index is 13.0. The average molecular weight is 556 g/mol. The zero-order chi connectivity index (χ0) is 27.4. The molecule has 0 aliphatic heterocycles. The van der Waals surface area contributed by atoms with Gasteiger partial charge in [0.15, 0.2) is 5.72 Å². The molecule has 0 bridgehead atoms. The Labute approximate surface area is 223 Å². The largest absolute Gasteiger partial charge is 0.573 e. The van der Waals surface area contributed by atoms with E-state index < -0.39 is 23.9 Å². The lowest BCUT2D eigenvalue weighted by atomic mass is 9.90. The molecule has 6 nitrogen and oxygen atoms in total. The maximum absolute atomic E-state index is 13.0. The molecule has 3 aromatic carbocycles. The van der Waals surface area contributed by atoms with Gasteiger partial charge in [0, 0.05) is 40.6 Å². The fourth-order valence-corrected chi connectivity index (χ4v) is 4.33. The molecule has 1 N–H and O–H groups in total. The van der Waals surface area contributed by atoms with Crippen LogP contribution in [0.1, 0.15) is 5.56 Å². The molecule has 0 aromatic heterocycles. The van der Waals surface area contributed by atoms with Crippen LogP contribution in [-0.4, -0.2) is 56.5 Å². The third-order valence-corrected chi connectivity index (χ3v) is 6.30. The van der Waals surface area contributed by atoms with Gasteiger partial charge in [0.1, 0.15) is 11.8 Å². The van der Waals surface area contributed by atoms with Crippen molar-refractivity contribution in [3.8, 4) is 5.75 Å². The van der Waals surface area contributed by atoms with Crippen LogP contribution >= 0.6 is 23.2 Å². The molecule has 2 unspecified atom stereocenters. The highest BCUT2D eigenvalue weighted by molar-refractivity contribution is 6.30. The van der Waals surface area contributed by atoms with Crippen molar-refractivity contribution < 1.29 is 27.8 Å². The van der Waals surface area contributed by atoms with E-state index in [4.69, 9.17) is 23.2 Å². The molecule has 11 heteroatoms. The molecule has 1 amide bonds. The SMILES string of the molecule is CN(C)CC(N(C=O)c1ccc(Cl)cc1)C(O)(c1cccc(OC(F)(F)F)c1)N(C)c1ccc(Cl)cc1. The first-order chi connectivity index (χ1) is 17.3. The fourth-order valence-electron chi connectivity index (χ4n) is 4.08. The molecule has 3 aromatic rings. The van der Waals surface area contributed by atoms with Crippen LogP contribution in [0.5, 0.6) is 5.75 Å².